The first-order chi connectivity index (χ1) is 12.4. The van der Waals surface area contributed by atoms with E-state index in [4.69, 9.17) is 9.47 Å². The second kappa shape index (κ2) is 7.58. The molecule has 0 aliphatic carbocycles. The average Bonchev–Trinajstić information content (AvgIpc) is 2.67. The van der Waals surface area contributed by atoms with Gasteiger partial charge in [-0.1, -0.05) is 0 Å². The van der Waals surface area contributed by atoms with Crippen LogP contribution in [0.2, 0.25) is 0 Å². The smallest absolute Gasteiger partial charge is 0.260 e. The first-order valence-electron chi connectivity index (χ1n) is 8.03. The predicted octanol–water partition coefficient (Wildman–Crippen LogP) is 1.19. The Labute approximate surface area is 146 Å². The van der Waals surface area contributed by atoms with Crippen LogP contribution in [0.3, 0.4) is 0 Å². The van der Waals surface area contributed by atoms with Crippen molar-refractivity contribution in [2.75, 3.05) is 52.6 Å². The van der Waals surface area contributed by atoms with Gasteiger partial charge in [-0.25, -0.2) is 17.6 Å². The third-order valence-corrected chi connectivity index (χ3v) is 4.29. The Morgan fingerprint density at radius 1 is 0.615 bits per heavy atom. The summed E-state index contributed by atoms with van der Waals surface area (Å²) in [5, 5.41) is 0. The van der Waals surface area contributed by atoms with Gasteiger partial charge in [0, 0.05) is 26.2 Å². The van der Waals surface area contributed by atoms with Gasteiger partial charge in [0.2, 0.25) is 0 Å². The molecule has 0 radical (unpaired) electrons. The van der Waals surface area contributed by atoms with Crippen LogP contribution >= 0.6 is 0 Å². The first-order valence-corrected chi connectivity index (χ1v) is 8.03. The molecule has 26 heavy (non-hydrogen) atoms. The van der Waals surface area contributed by atoms with Crippen LogP contribution in [0.4, 0.5) is 17.6 Å². The normalized spacial score (nSPS) is 18.2. The third-order valence-electron chi connectivity index (χ3n) is 4.29. The van der Waals surface area contributed by atoms with Crippen LogP contribution in [0.5, 0.6) is 0 Å². The number of ether oxygens (including phenoxy) is 2. The fourth-order valence-corrected chi connectivity index (χ4v) is 2.86. The van der Waals surface area contributed by atoms with Crippen LogP contribution in [0.25, 0.3) is 0 Å². The molecule has 0 bridgehead atoms. The lowest BCUT2D eigenvalue weighted by Gasteiger charge is -2.29. The summed E-state index contributed by atoms with van der Waals surface area (Å²) < 4.78 is 67.1. The average molecular weight is 376 g/mol. The largest absolute Gasteiger partial charge is 0.378 e. The lowest BCUT2D eigenvalue weighted by Crippen LogP contribution is -2.43. The summed E-state index contributed by atoms with van der Waals surface area (Å²) >= 11 is 0. The van der Waals surface area contributed by atoms with E-state index in [1.807, 2.05) is 0 Å². The number of hydrogen-bond donors (Lipinski definition) is 0. The minimum atomic E-state index is -2.06. The number of benzene rings is 1. The van der Waals surface area contributed by atoms with E-state index in [1.165, 1.54) is 0 Å². The van der Waals surface area contributed by atoms with Crippen molar-refractivity contribution in [3.8, 4) is 0 Å². The van der Waals surface area contributed by atoms with Crippen molar-refractivity contribution in [2.24, 2.45) is 0 Å². The van der Waals surface area contributed by atoms with Crippen molar-refractivity contribution in [3.63, 3.8) is 0 Å². The summed E-state index contributed by atoms with van der Waals surface area (Å²) in [5.74, 6) is -9.96. The maximum atomic E-state index is 14.8. The molecule has 0 saturated carbocycles. The Hall–Kier alpha value is -2.20. The standard InChI is InChI=1S/C16H16F4N2O4/c17-11-9(15(23)21-1-5-25-6-2-21)12(18)14(20)13(19)10(11)16(24)22-3-7-26-8-4-22/h1-8H2. The zero-order chi connectivity index (χ0) is 18.8. The lowest BCUT2D eigenvalue weighted by molar-refractivity contribution is 0.0286. The molecule has 0 unspecified atom stereocenters. The van der Waals surface area contributed by atoms with E-state index in [1.54, 1.807) is 0 Å². The molecule has 10 heteroatoms. The van der Waals surface area contributed by atoms with E-state index in [9.17, 15) is 27.2 Å². The van der Waals surface area contributed by atoms with Crippen molar-refractivity contribution < 1.29 is 36.6 Å². The molecule has 142 valence electrons. The Kier molecular flexibility index (Phi) is 5.42. The van der Waals surface area contributed by atoms with E-state index < -0.39 is 46.2 Å². The first kappa shape index (κ1) is 18.6. The Bertz CT molecular complexity index is 674. The van der Waals surface area contributed by atoms with Crippen LogP contribution in [0, 0.1) is 23.3 Å². The molecule has 2 saturated heterocycles. The van der Waals surface area contributed by atoms with E-state index in [2.05, 4.69) is 0 Å². The van der Waals surface area contributed by atoms with E-state index >= 15 is 0 Å². The second-order valence-electron chi connectivity index (χ2n) is 5.82. The summed E-state index contributed by atoms with van der Waals surface area (Å²) in [6, 6.07) is 0. The molecule has 0 aromatic heterocycles. The molecule has 0 atom stereocenters. The van der Waals surface area contributed by atoms with Gasteiger partial charge in [0.1, 0.15) is 11.1 Å². The summed E-state index contributed by atoms with van der Waals surface area (Å²) in [7, 11) is 0. The number of nitrogens with zero attached hydrogens (tertiary/aromatic N) is 2. The van der Waals surface area contributed by atoms with Crippen LogP contribution in [0.1, 0.15) is 20.7 Å². The Morgan fingerprint density at radius 2 is 0.962 bits per heavy atom. The predicted molar refractivity (Wildman–Crippen MR) is 79.7 cm³/mol. The maximum absolute atomic E-state index is 14.8. The number of morpholine rings is 2. The molecule has 3 rings (SSSR count). The maximum Gasteiger partial charge on any atom is 0.260 e. The molecule has 2 aliphatic heterocycles. The third kappa shape index (κ3) is 3.26. The summed E-state index contributed by atoms with van der Waals surface area (Å²) in [6.45, 7) is 0.784. The Balaban J connectivity index is 2.03. The fourth-order valence-electron chi connectivity index (χ4n) is 2.86. The van der Waals surface area contributed by atoms with E-state index in [0.29, 0.717) is 0 Å². The number of carbonyl (C=O) groups is 2. The summed E-state index contributed by atoms with van der Waals surface area (Å²) in [6.07, 6.45) is 0. The van der Waals surface area contributed by atoms with Crippen LogP contribution in [-0.2, 0) is 9.47 Å². The zero-order valence-electron chi connectivity index (χ0n) is 13.7. The van der Waals surface area contributed by atoms with Crippen molar-refractivity contribution in [2.45, 2.75) is 0 Å². The van der Waals surface area contributed by atoms with Crippen molar-refractivity contribution in [1.82, 2.24) is 9.80 Å². The number of halogens is 4. The van der Waals surface area contributed by atoms with Gasteiger partial charge in [-0.15, -0.1) is 0 Å². The highest BCUT2D eigenvalue weighted by atomic mass is 19.2. The molecule has 6 nitrogen and oxygen atoms in total. The molecule has 1 aromatic rings. The zero-order valence-corrected chi connectivity index (χ0v) is 13.7. The van der Waals surface area contributed by atoms with E-state index in [0.717, 1.165) is 9.80 Å². The fraction of sp³-hybridized carbons (Fsp3) is 0.500. The number of hydrogen-bond acceptors (Lipinski definition) is 4. The Morgan fingerprint density at radius 3 is 1.31 bits per heavy atom. The topological polar surface area (TPSA) is 59.1 Å². The number of rotatable bonds is 2. The van der Waals surface area contributed by atoms with Crippen molar-refractivity contribution >= 4 is 11.8 Å². The van der Waals surface area contributed by atoms with Crippen molar-refractivity contribution in [3.05, 3.63) is 34.4 Å². The molecule has 0 N–H and O–H groups in total. The molecule has 2 amide bonds. The van der Waals surface area contributed by atoms with Crippen LogP contribution < -0.4 is 0 Å². The molecule has 2 heterocycles. The van der Waals surface area contributed by atoms with Gasteiger partial charge in [-0.2, -0.15) is 0 Å². The molecule has 2 fully saturated rings. The van der Waals surface area contributed by atoms with Crippen LogP contribution in [0.15, 0.2) is 0 Å². The second-order valence-corrected chi connectivity index (χ2v) is 5.82. The van der Waals surface area contributed by atoms with Gasteiger partial charge in [0.15, 0.2) is 23.3 Å². The lowest BCUT2D eigenvalue weighted by atomic mass is 10.0. The number of carbonyl (C=O) groups excluding carboxylic acids is 2. The van der Waals surface area contributed by atoms with Gasteiger partial charge >= 0.3 is 0 Å². The highest BCUT2D eigenvalue weighted by Gasteiger charge is 2.36. The molecule has 0 spiro atoms. The highest BCUT2D eigenvalue weighted by Crippen LogP contribution is 2.27. The minimum absolute atomic E-state index is 0.0451. The minimum Gasteiger partial charge on any atom is -0.378 e. The number of amides is 2. The van der Waals surface area contributed by atoms with Gasteiger partial charge < -0.3 is 19.3 Å². The SMILES string of the molecule is O=C(c1c(F)c(F)c(F)c(C(=O)N2CCOCC2)c1F)N1CCOCC1. The van der Waals surface area contributed by atoms with Crippen LogP contribution in [-0.4, -0.2) is 74.2 Å². The van der Waals surface area contributed by atoms with Gasteiger partial charge in [0.25, 0.3) is 11.8 Å². The molecule has 2 aliphatic rings. The molecular weight excluding hydrogens is 360 g/mol. The molecule has 1 aromatic carbocycles. The van der Waals surface area contributed by atoms with Gasteiger partial charge in [0.05, 0.1) is 26.4 Å². The summed E-state index contributed by atoms with van der Waals surface area (Å²) in [5.41, 5.74) is -2.55. The molecular formula is C16H16F4N2O4. The van der Waals surface area contributed by atoms with Gasteiger partial charge in [-0.3, -0.25) is 9.59 Å². The quantitative estimate of drug-likeness (QED) is 0.442. The van der Waals surface area contributed by atoms with E-state index in [-0.39, 0.29) is 52.6 Å². The van der Waals surface area contributed by atoms with Crippen molar-refractivity contribution in [1.29, 1.82) is 0 Å². The summed E-state index contributed by atoms with van der Waals surface area (Å²) in [4.78, 5) is 26.9. The highest BCUT2D eigenvalue weighted by molar-refractivity contribution is 6.00. The van der Waals surface area contributed by atoms with Gasteiger partial charge in [-0.05, 0) is 0 Å². The monoisotopic (exact) mass is 376 g/mol.